The Labute approximate surface area is 760 Å². The van der Waals surface area contributed by atoms with E-state index in [1.807, 2.05) is 0 Å². The number of allylic oxidation sites excluding steroid dienone is 1. The highest BCUT2D eigenvalue weighted by atomic mass is 32.2. The quantitative estimate of drug-likeness (QED) is 0.0102. The number of rotatable bonds is 49. The maximum absolute atomic E-state index is 10.9. The van der Waals surface area contributed by atoms with Gasteiger partial charge in [-0.1, -0.05) is 30.8 Å². The first kappa shape index (κ1) is 129. The Morgan fingerprint density at radius 1 is 0.288 bits per heavy atom. The van der Waals surface area contributed by atoms with E-state index in [-0.39, 0.29) is 133 Å². The smallest absolute Gasteiger partial charge is 0.335 e. The van der Waals surface area contributed by atoms with Crippen LogP contribution in [0.15, 0.2) is 128 Å². The van der Waals surface area contributed by atoms with Crippen LogP contribution >= 0.6 is 0 Å². The van der Waals surface area contributed by atoms with Gasteiger partial charge in [-0.05, 0) is 182 Å². The number of unbranched alkanes of at least 4 members (excludes halogenated alkanes) is 1. The lowest BCUT2D eigenvalue weighted by Crippen LogP contribution is -2.26. The number of carbonyl (C=O) groups excluding carboxylic acids is 6. The minimum atomic E-state index is -3.60. The summed E-state index contributed by atoms with van der Waals surface area (Å²) in [5.74, 6) is -12.7. The van der Waals surface area contributed by atoms with Gasteiger partial charge in [-0.3, -0.25) is 62.3 Å². The highest BCUT2D eigenvalue weighted by Crippen LogP contribution is 2.15. The molecule has 132 heavy (non-hydrogen) atoms. The van der Waals surface area contributed by atoms with Gasteiger partial charge in [0.15, 0.2) is 5.78 Å². The molecular formula is C84H119N9O37S2. The second-order valence-electron chi connectivity index (χ2n) is 27.1. The summed E-state index contributed by atoms with van der Waals surface area (Å²) in [5.41, 5.74) is 10.4. The summed E-state index contributed by atoms with van der Waals surface area (Å²) in [7, 11) is -6.97. The minimum absolute atomic E-state index is 0.0105. The molecule has 46 nitrogen and oxygen atoms in total. The van der Waals surface area contributed by atoms with Crippen LogP contribution in [0.25, 0.3) is 0 Å². The number of aryl methyl sites for hydroxylation is 2. The Kier molecular flexibility index (Phi) is 74.9. The number of hydrogen-bond donors (Lipinski definition) is 23. The van der Waals surface area contributed by atoms with Crippen molar-refractivity contribution in [3.63, 3.8) is 0 Å². The van der Waals surface area contributed by atoms with Crippen molar-refractivity contribution in [2.75, 3.05) is 93.3 Å². The van der Waals surface area contributed by atoms with Gasteiger partial charge >= 0.3 is 77.6 Å². The molecule has 0 fully saturated rings. The number of benzene rings is 5. The molecule has 0 saturated carbocycles. The molecule has 5 aromatic carbocycles. The monoisotopic (exact) mass is 1910 g/mol. The summed E-state index contributed by atoms with van der Waals surface area (Å²) in [5, 5.41) is 143. The van der Waals surface area contributed by atoms with Gasteiger partial charge in [-0.25, -0.2) is 51.1 Å². The molecule has 0 aliphatic rings. The first-order valence-electron chi connectivity index (χ1n) is 39.1. The lowest BCUT2D eigenvalue weighted by molar-refractivity contribution is -0.138. The van der Waals surface area contributed by atoms with Crippen molar-refractivity contribution in [2.45, 2.75) is 138 Å². The van der Waals surface area contributed by atoms with Gasteiger partial charge in [-0.2, -0.15) is 0 Å². The van der Waals surface area contributed by atoms with Gasteiger partial charge < -0.3 is 114 Å². The van der Waals surface area contributed by atoms with Crippen LogP contribution in [0.2, 0.25) is 0 Å². The first-order chi connectivity index (χ1) is 61.2. The molecule has 0 aliphatic heterocycles. The number of Topliss-reactive ketones (excluding diaryl/α,β-unsaturated/α-hetero) is 6. The van der Waals surface area contributed by atoms with E-state index >= 15 is 0 Å². The summed E-state index contributed by atoms with van der Waals surface area (Å²) in [4.78, 5) is 195. The van der Waals surface area contributed by atoms with Gasteiger partial charge in [0.25, 0.3) is 0 Å². The Bertz CT molecular complexity index is 4520. The molecule has 0 heterocycles. The molecule has 734 valence electrons. The second kappa shape index (κ2) is 76.8. The lowest BCUT2D eigenvalue weighted by Gasteiger charge is -2.04. The fourth-order valence-corrected chi connectivity index (χ4v) is 9.27. The fourth-order valence-electron chi connectivity index (χ4n) is 8.26. The van der Waals surface area contributed by atoms with Crippen LogP contribution < -0.4 is 47.9 Å². The van der Waals surface area contributed by atoms with Crippen molar-refractivity contribution in [3.05, 3.63) is 172 Å². The SMILES string of the molecule is C=C(O)CCCS(N)(=O)=O.CC(=O)CCCc1ccc(C(=O)O)cc1.CC(=O)CCNCC(=O)O.CC(=O)CCNCC(=O)O.CC(=O)CCNCCC(=O)O.CC(=O)CNCC(=O)O.CC(=O)c1cc(N)cc(C(=O)O)c1.NS(=O)(=O)CCC(=O)O.O=C(O)CCCCc1ccc(C(=O)O)cc1.O=C(O)CCNc1ccc(C(=O)O)cc1.O=C(O)CNc1ccc(C(=O)O)cc1. The van der Waals surface area contributed by atoms with Crippen LogP contribution in [-0.4, -0.2) is 278 Å². The predicted molar refractivity (Wildman–Crippen MR) is 480 cm³/mol. The molecule has 0 atom stereocenters. The Hall–Kier alpha value is -14.2. The molecule has 5 aromatic rings. The summed E-state index contributed by atoms with van der Waals surface area (Å²) in [6.07, 6.45) is 6.24. The highest BCUT2D eigenvalue weighted by Gasteiger charge is 2.12. The Balaban J connectivity index is -0.000000333. The third kappa shape index (κ3) is 94.9. The van der Waals surface area contributed by atoms with E-state index in [4.69, 9.17) is 77.2 Å². The van der Waals surface area contributed by atoms with Crippen molar-refractivity contribution in [1.29, 1.82) is 0 Å². The van der Waals surface area contributed by atoms with Crippen LogP contribution in [-0.2, 0) is 95.2 Å². The fraction of sp³-hybridized carbons (Fsp3) is 0.393. The van der Waals surface area contributed by atoms with Crippen molar-refractivity contribution in [1.82, 2.24) is 21.3 Å². The number of carbonyl (C=O) groups is 19. The number of ketones is 6. The van der Waals surface area contributed by atoms with Gasteiger partial charge in [-0.15, -0.1) is 0 Å². The van der Waals surface area contributed by atoms with Crippen molar-refractivity contribution in [2.24, 2.45) is 10.3 Å². The van der Waals surface area contributed by atoms with Gasteiger partial charge in [0.2, 0.25) is 20.0 Å². The summed E-state index contributed by atoms with van der Waals surface area (Å²) >= 11 is 0. The maximum Gasteiger partial charge on any atom is 0.335 e. The molecule has 0 spiro atoms. The molecule has 0 bridgehead atoms. The Morgan fingerprint density at radius 3 is 0.917 bits per heavy atom. The molecule has 48 heteroatoms. The number of aliphatic hydroxyl groups is 1. The molecular weight excluding hydrogens is 1790 g/mol. The van der Waals surface area contributed by atoms with E-state index in [2.05, 4.69) is 48.8 Å². The number of aliphatic carboxylic acids is 8. The van der Waals surface area contributed by atoms with Gasteiger partial charge in [0, 0.05) is 93.9 Å². The largest absolute Gasteiger partial charge is 0.513 e. The molecule has 0 aromatic heterocycles. The van der Waals surface area contributed by atoms with Crippen molar-refractivity contribution < 1.29 is 179 Å². The zero-order chi connectivity index (χ0) is 103. The number of aromatic carboxylic acids is 5. The molecule has 26 N–H and O–H groups in total. The number of nitrogen functional groups attached to an aromatic ring is 1. The minimum Gasteiger partial charge on any atom is -0.513 e. The average Bonchev–Trinajstić information content (AvgIpc) is 0.856. The van der Waals surface area contributed by atoms with Crippen molar-refractivity contribution >= 4 is 149 Å². The zero-order valence-corrected chi connectivity index (χ0v) is 75.1. The topological polar surface area (TPSA) is 826 Å². The number of nitrogens with two attached hydrogens (primary N) is 3. The maximum atomic E-state index is 10.9. The van der Waals surface area contributed by atoms with Gasteiger partial charge in [0.05, 0.1) is 90.5 Å². The van der Waals surface area contributed by atoms with E-state index in [9.17, 15) is 108 Å². The zero-order valence-electron chi connectivity index (χ0n) is 73.5. The summed E-state index contributed by atoms with van der Waals surface area (Å²) < 4.78 is 40.7. The number of primary sulfonamides is 2. The van der Waals surface area contributed by atoms with E-state index in [1.54, 1.807) is 67.6 Å². The molecule has 0 radical (unpaired) electrons. The normalized spacial score (nSPS) is 9.82. The first-order valence-corrected chi connectivity index (χ1v) is 42.5. The molecule has 0 unspecified atom stereocenters. The van der Waals surface area contributed by atoms with Crippen LogP contribution in [0.4, 0.5) is 17.1 Å². The lowest BCUT2D eigenvalue weighted by atomic mass is 10.1. The standard InChI is InChI=1S/C12H14O4.C12H14O3.C10H11NO4.C9H9NO4.C9H9NO3.C7H13NO3.2C6H11NO3.C5H11NO3S.C5H9NO3.C3H7NO4S/c13-11(14)4-2-1-3-9-5-7-10(8-6-9)12(15)16;1-9(13)3-2-4-10-5-7-11(8-6-10)12(14)15;12-9(13)5-6-11-8-3-1-7(2-4-8)10(14)15;11-8(12)5-10-7-3-1-6(2-4-7)9(13)14;1-5(11)6-2-7(9(12)13)4-8(10)3-6;1-6(9)2-4-8-5-3-7(10)11;2*1-5(8)2-3-7-4-6(9)10;1-5(7)3-2-4-10(6,8)9;1-4(7)2-6-3-5(8)9;4-9(7,8)2-1-3(5)6/h5-8H,1-4H2,(H,13,14)(H,15,16);5-8H,2-4H2,1H3,(H,14,15);1-4,11H,5-6H2,(H,12,13)(H,14,15);1-4,10H,5H2,(H,11,12)(H,13,14);2-4H,10H2,1H3,(H,12,13);8H,2-5H2,1H3,(H,10,11);2*7H,2-4H2,1H3,(H,9,10);7H,1-4H2,(H2,6,8,9);6H,2-3H2,1H3,(H,8,9);1-2H2,(H,5,6)(H2,4,7,8). The number of carboxylic acids is 13. The number of hydrogen-bond acceptors (Lipinski definition) is 31. The third-order valence-electron chi connectivity index (χ3n) is 14.7. The van der Waals surface area contributed by atoms with E-state index in [1.165, 1.54) is 89.2 Å². The predicted octanol–water partition coefficient (Wildman–Crippen LogP) is 5.24. The van der Waals surface area contributed by atoms with Crippen LogP contribution in [0.3, 0.4) is 0 Å². The number of sulfonamides is 2. The van der Waals surface area contributed by atoms with E-state index in [0.717, 1.165) is 36.8 Å². The number of aliphatic hydroxyl groups excluding tert-OH is 1. The van der Waals surface area contributed by atoms with E-state index < -0.39 is 110 Å². The molecule has 5 rings (SSSR count). The molecule has 0 saturated heterocycles. The van der Waals surface area contributed by atoms with E-state index in [0.29, 0.717) is 93.8 Å². The molecule has 0 aliphatic carbocycles. The Morgan fingerprint density at radius 2 is 0.606 bits per heavy atom. The summed E-state index contributed by atoms with van der Waals surface area (Å²) in [6.45, 7) is 13.8. The highest BCUT2D eigenvalue weighted by molar-refractivity contribution is 7.89. The van der Waals surface area contributed by atoms with Crippen LogP contribution in [0, 0.1) is 0 Å². The number of carboxylic acid groups (broad SMARTS) is 13. The summed E-state index contributed by atoms with van der Waals surface area (Å²) in [6, 6.07) is 29.5. The third-order valence-corrected chi connectivity index (χ3v) is 16.3. The van der Waals surface area contributed by atoms with Crippen LogP contribution in [0.1, 0.15) is 198 Å². The second-order valence-corrected chi connectivity index (χ2v) is 30.6. The van der Waals surface area contributed by atoms with Gasteiger partial charge in [0.1, 0.15) is 35.5 Å². The average molecular weight is 1910 g/mol. The van der Waals surface area contributed by atoms with Crippen LogP contribution in [0.5, 0.6) is 0 Å². The van der Waals surface area contributed by atoms with Crippen molar-refractivity contribution in [3.8, 4) is 0 Å². The number of anilines is 3. The number of nitrogens with one attached hydrogen (secondary N) is 6. The molecule has 0 amide bonds.